The molecule has 1 heterocycles. The van der Waals surface area contributed by atoms with Crippen LogP contribution in [-0.4, -0.2) is 31.1 Å². The van der Waals surface area contributed by atoms with E-state index in [-0.39, 0.29) is 11.1 Å². The normalized spacial score (nSPS) is 18.2. The summed E-state index contributed by atoms with van der Waals surface area (Å²) in [5.41, 5.74) is 0.319. The van der Waals surface area contributed by atoms with E-state index in [0.717, 1.165) is 45.1 Å². The number of benzene rings is 1. The molecule has 1 fully saturated rings. The molecule has 0 saturated carbocycles. The van der Waals surface area contributed by atoms with E-state index in [4.69, 9.17) is 11.6 Å². The summed E-state index contributed by atoms with van der Waals surface area (Å²) in [4.78, 5) is 2.21. The summed E-state index contributed by atoms with van der Waals surface area (Å²) in [6.45, 7) is 7.67. The largest absolute Gasteiger partial charge is 0.314 e. The number of nitrogens with zero attached hydrogens (tertiary/aromatic N) is 1. The average molecular weight is 317 g/mol. The van der Waals surface area contributed by atoms with Crippen LogP contribution in [-0.2, 0) is 0 Å². The first-order chi connectivity index (χ1) is 10.0. The second kappa shape index (κ2) is 7.52. The van der Waals surface area contributed by atoms with E-state index in [1.165, 1.54) is 6.07 Å². The Labute approximate surface area is 130 Å². The van der Waals surface area contributed by atoms with Crippen molar-refractivity contribution in [3.8, 4) is 0 Å². The second-order valence-electron chi connectivity index (χ2n) is 6.03. The van der Waals surface area contributed by atoms with E-state index in [2.05, 4.69) is 24.1 Å². The van der Waals surface area contributed by atoms with Gasteiger partial charge in [-0.15, -0.1) is 0 Å². The topological polar surface area (TPSA) is 15.3 Å². The Hall–Kier alpha value is -0.710. The standard InChI is InChI=1S/C16H23ClF2N2/c1-11(2)3-6-14(21-9-7-20-8-10-21)15-12(18)4-5-13(19)16(15)17/h4-5,11,14,20H,3,6-10H2,1-2H3/t14-/m0/s1. The van der Waals surface area contributed by atoms with Crippen molar-refractivity contribution in [3.63, 3.8) is 0 Å². The molecular weight excluding hydrogens is 294 g/mol. The molecule has 2 nitrogen and oxygen atoms in total. The molecular formula is C16H23ClF2N2. The predicted molar refractivity (Wildman–Crippen MR) is 82.6 cm³/mol. The van der Waals surface area contributed by atoms with Gasteiger partial charge in [-0.2, -0.15) is 0 Å². The molecule has 2 rings (SSSR count). The molecule has 0 spiro atoms. The number of hydrogen-bond acceptors (Lipinski definition) is 2. The highest BCUT2D eigenvalue weighted by molar-refractivity contribution is 6.31. The van der Waals surface area contributed by atoms with Gasteiger partial charge in [-0.1, -0.05) is 25.4 Å². The Morgan fingerprint density at radius 2 is 1.76 bits per heavy atom. The second-order valence-corrected chi connectivity index (χ2v) is 6.41. The van der Waals surface area contributed by atoms with E-state index < -0.39 is 11.6 Å². The molecule has 1 aromatic rings. The van der Waals surface area contributed by atoms with Crippen molar-refractivity contribution in [2.75, 3.05) is 26.2 Å². The number of rotatable bonds is 5. The fourth-order valence-electron chi connectivity index (χ4n) is 2.84. The molecule has 0 aromatic heterocycles. The highest BCUT2D eigenvalue weighted by Gasteiger charge is 2.28. The van der Waals surface area contributed by atoms with Crippen LogP contribution in [0, 0.1) is 17.6 Å². The van der Waals surface area contributed by atoms with Gasteiger partial charge in [0.2, 0.25) is 0 Å². The van der Waals surface area contributed by atoms with Crippen molar-refractivity contribution in [2.24, 2.45) is 5.92 Å². The van der Waals surface area contributed by atoms with Crippen molar-refractivity contribution in [2.45, 2.75) is 32.7 Å². The van der Waals surface area contributed by atoms with Crippen molar-refractivity contribution >= 4 is 11.6 Å². The van der Waals surface area contributed by atoms with Crippen molar-refractivity contribution in [1.82, 2.24) is 10.2 Å². The molecule has 21 heavy (non-hydrogen) atoms. The van der Waals surface area contributed by atoms with E-state index >= 15 is 0 Å². The smallest absolute Gasteiger partial charge is 0.142 e. The molecule has 0 aliphatic carbocycles. The first-order valence-corrected chi connectivity index (χ1v) is 7.96. The Balaban J connectivity index is 2.31. The van der Waals surface area contributed by atoms with Gasteiger partial charge in [-0.05, 0) is 30.9 Å². The van der Waals surface area contributed by atoms with Gasteiger partial charge in [-0.3, -0.25) is 4.90 Å². The van der Waals surface area contributed by atoms with E-state index in [9.17, 15) is 8.78 Å². The zero-order chi connectivity index (χ0) is 15.4. The van der Waals surface area contributed by atoms with Gasteiger partial charge < -0.3 is 5.32 Å². The van der Waals surface area contributed by atoms with Gasteiger partial charge in [0.05, 0.1) is 5.02 Å². The minimum absolute atomic E-state index is 0.0673. The molecule has 1 aromatic carbocycles. The Bertz CT molecular complexity index is 474. The molecule has 118 valence electrons. The van der Waals surface area contributed by atoms with Crippen LogP contribution in [0.15, 0.2) is 12.1 Å². The summed E-state index contributed by atoms with van der Waals surface area (Å²) in [6.07, 6.45) is 1.75. The molecule has 1 saturated heterocycles. The summed E-state index contributed by atoms with van der Waals surface area (Å²) in [5.74, 6) is -0.433. The third kappa shape index (κ3) is 4.15. The summed E-state index contributed by atoms with van der Waals surface area (Å²) in [6, 6.07) is 2.12. The summed E-state index contributed by atoms with van der Waals surface area (Å²) in [7, 11) is 0. The molecule has 0 bridgehead atoms. The average Bonchev–Trinajstić information content (AvgIpc) is 2.47. The number of hydrogen-bond donors (Lipinski definition) is 1. The molecule has 1 aliphatic heterocycles. The maximum absolute atomic E-state index is 14.3. The molecule has 0 amide bonds. The van der Waals surface area contributed by atoms with Gasteiger partial charge in [0.15, 0.2) is 0 Å². The maximum Gasteiger partial charge on any atom is 0.142 e. The van der Waals surface area contributed by atoms with E-state index in [1.54, 1.807) is 0 Å². The lowest BCUT2D eigenvalue weighted by molar-refractivity contribution is 0.156. The molecule has 0 unspecified atom stereocenters. The van der Waals surface area contributed by atoms with Crippen LogP contribution in [0.25, 0.3) is 0 Å². The van der Waals surface area contributed by atoms with Crippen LogP contribution in [0.4, 0.5) is 8.78 Å². The zero-order valence-corrected chi connectivity index (χ0v) is 13.4. The lowest BCUT2D eigenvalue weighted by Gasteiger charge is -2.36. The van der Waals surface area contributed by atoms with E-state index in [1.807, 2.05) is 0 Å². The first kappa shape index (κ1) is 16.7. The summed E-state index contributed by atoms with van der Waals surface area (Å²) in [5, 5.41) is 3.22. The Morgan fingerprint density at radius 1 is 1.14 bits per heavy atom. The number of piperazine rings is 1. The quantitative estimate of drug-likeness (QED) is 0.826. The van der Waals surface area contributed by atoms with Crippen LogP contribution in [0.1, 0.15) is 38.3 Å². The summed E-state index contributed by atoms with van der Waals surface area (Å²) >= 11 is 6.07. The zero-order valence-electron chi connectivity index (χ0n) is 12.6. The first-order valence-electron chi connectivity index (χ1n) is 7.59. The van der Waals surface area contributed by atoms with Gasteiger partial charge >= 0.3 is 0 Å². The van der Waals surface area contributed by atoms with Gasteiger partial charge in [0, 0.05) is 37.8 Å². The van der Waals surface area contributed by atoms with E-state index in [0.29, 0.717) is 11.5 Å². The fourth-order valence-corrected chi connectivity index (χ4v) is 3.12. The van der Waals surface area contributed by atoms with Crippen LogP contribution in [0.3, 0.4) is 0 Å². The number of halogens is 3. The van der Waals surface area contributed by atoms with Crippen LogP contribution in [0.5, 0.6) is 0 Å². The minimum atomic E-state index is -0.544. The van der Waals surface area contributed by atoms with Crippen molar-refractivity contribution < 1.29 is 8.78 Å². The Kier molecular flexibility index (Phi) is 5.97. The minimum Gasteiger partial charge on any atom is -0.314 e. The van der Waals surface area contributed by atoms with Gasteiger partial charge in [0.1, 0.15) is 11.6 Å². The van der Waals surface area contributed by atoms with Crippen LogP contribution < -0.4 is 5.32 Å². The summed E-state index contributed by atoms with van der Waals surface area (Å²) < 4.78 is 28.0. The molecule has 5 heteroatoms. The van der Waals surface area contributed by atoms with Gasteiger partial charge in [-0.25, -0.2) is 8.78 Å². The van der Waals surface area contributed by atoms with Gasteiger partial charge in [0.25, 0.3) is 0 Å². The highest BCUT2D eigenvalue weighted by atomic mass is 35.5. The highest BCUT2D eigenvalue weighted by Crippen LogP contribution is 2.35. The third-order valence-electron chi connectivity index (χ3n) is 4.02. The SMILES string of the molecule is CC(C)CC[C@@H](c1c(F)ccc(F)c1Cl)N1CCNCC1. The molecule has 1 aliphatic rings. The lowest BCUT2D eigenvalue weighted by atomic mass is 9.95. The molecule has 0 radical (unpaired) electrons. The Morgan fingerprint density at radius 3 is 2.38 bits per heavy atom. The lowest BCUT2D eigenvalue weighted by Crippen LogP contribution is -2.45. The van der Waals surface area contributed by atoms with Crippen LogP contribution in [0.2, 0.25) is 5.02 Å². The molecule has 1 atom stereocenters. The van der Waals surface area contributed by atoms with Crippen molar-refractivity contribution in [3.05, 3.63) is 34.4 Å². The fraction of sp³-hybridized carbons (Fsp3) is 0.625. The third-order valence-corrected chi connectivity index (χ3v) is 4.41. The molecule has 1 N–H and O–H groups in total. The number of nitrogens with one attached hydrogen (secondary N) is 1. The predicted octanol–water partition coefficient (Wildman–Crippen LogP) is 4.00. The maximum atomic E-state index is 14.3. The monoisotopic (exact) mass is 316 g/mol. The van der Waals surface area contributed by atoms with Crippen molar-refractivity contribution in [1.29, 1.82) is 0 Å². The van der Waals surface area contributed by atoms with Crippen LogP contribution >= 0.6 is 11.6 Å².